The maximum atomic E-state index is 5.79. The van der Waals surface area contributed by atoms with Crippen LogP contribution in [0.3, 0.4) is 0 Å². The summed E-state index contributed by atoms with van der Waals surface area (Å²) >= 11 is 0. The van der Waals surface area contributed by atoms with E-state index in [-0.39, 0.29) is 0 Å². The van der Waals surface area contributed by atoms with E-state index in [9.17, 15) is 0 Å². The van der Waals surface area contributed by atoms with Crippen molar-refractivity contribution in [2.24, 2.45) is 0 Å². The predicted molar refractivity (Wildman–Crippen MR) is 70.4 cm³/mol. The van der Waals surface area contributed by atoms with Gasteiger partial charge in [-0.1, -0.05) is 12.1 Å². The minimum absolute atomic E-state index is 0.608. The largest absolute Gasteiger partial charge is 0.464 e. The zero-order chi connectivity index (χ0) is 12.4. The highest BCUT2D eigenvalue weighted by atomic mass is 16.6. The fourth-order valence-electron chi connectivity index (χ4n) is 2.32. The molecule has 2 heterocycles. The van der Waals surface area contributed by atoms with E-state index in [0.717, 1.165) is 43.0 Å². The molecule has 4 nitrogen and oxygen atoms in total. The number of nitrogens with zero attached hydrogens (tertiary/aromatic N) is 1. The lowest BCUT2D eigenvalue weighted by atomic mass is 10.2. The summed E-state index contributed by atoms with van der Waals surface area (Å²) in [6.07, 6.45) is 0. The molecule has 3 rings (SSSR count). The SMILES string of the molecule is CCOc1oc2ccccc2c1N1CCOCC1. The fraction of sp³-hybridized carbons (Fsp3) is 0.429. The van der Waals surface area contributed by atoms with Crippen LogP contribution in [0.1, 0.15) is 6.92 Å². The maximum absolute atomic E-state index is 5.79. The normalized spacial score (nSPS) is 16.2. The first kappa shape index (κ1) is 11.4. The Kier molecular flexibility index (Phi) is 3.11. The molecule has 18 heavy (non-hydrogen) atoms. The lowest BCUT2D eigenvalue weighted by Gasteiger charge is -2.28. The Morgan fingerprint density at radius 2 is 2.00 bits per heavy atom. The first-order valence-corrected chi connectivity index (χ1v) is 6.37. The summed E-state index contributed by atoms with van der Waals surface area (Å²) in [5.74, 6) is 0.626. The van der Waals surface area contributed by atoms with E-state index in [0.29, 0.717) is 12.6 Å². The van der Waals surface area contributed by atoms with Crippen molar-refractivity contribution in [1.29, 1.82) is 0 Å². The van der Waals surface area contributed by atoms with Gasteiger partial charge in [-0.3, -0.25) is 0 Å². The molecular formula is C14H17NO3. The molecule has 0 saturated carbocycles. The van der Waals surface area contributed by atoms with Crippen LogP contribution in [-0.4, -0.2) is 32.9 Å². The number of anilines is 1. The number of rotatable bonds is 3. The van der Waals surface area contributed by atoms with Crippen LogP contribution in [0.5, 0.6) is 5.95 Å². The quantitative estimate of drug-likeness (QED) is 0.835. The van der Waals surface area contributed by atoms with Crippen LogP contribution in [-0.2, 0) is 4.74 Å². The predicted octanol–water partition coefficient (Wildman–Crippen LogP) is 2.67. The minimum Gasteiger partial charge on any atom is -0.464 e. The Morgan fingerprint density at radius 1 is 1.22 bits per heavy atom. The van der Waals surface area contributed by atoms with Gasteiger partial charge in [0.1, 0.15) is 11.3 Å². The number of morpholine rings is 1. The lowest BCUT2D eigenvalue weighted by Crippen LogP contribution is -2.36. The molecule has 96 valence electrons. The highest BCUT2D eigenvalue weighted by molar-refractivity contribution is 5.94. The Hall–Kier alpha value is -1.68. The van der Waals surface area contributed by atoms with Crippen molar-refractivity contribution in [3.05, 3.63) is 24.3 Å². The zero-order valence-corrected chi connectivity index (χ0v) is 10.5. The second-order valence-corrected chi connectivity index (χ2v) is 4.27. The molecule has 1 aromatic carbocycles. The van der Waals surface area contributed by atoms with Gasteiger partial charge in [0.2, 0.25) is 0 Å². The van der Waals surface area contributed by atoms with Gasteiger partial charge in [-0.2, -0.15) is 0 Å². The molecule has 0 unspecified atom stereocenters. The van der Waals surface area contributed by atoms with Crippen molar-refractivity contribution in [3.63, 3.8) is 0 Å². The van der Waals surface area contributed by atoms with Gasteiger partial charge in [0.05, 0.1) is 19.8 Å². The summed E-state index contributed by atoms with van der Waals surface area (Å²) in [6.45, 7) is 5.84. The number of hydrogen-bond acceptors (Lipinski definition) is 4. The highest BCUT2D eigenvalue weighted by Crippen LogP contribution is 2.39. The number of furan rings is 1. The van der Waals surface area contributed by atoms with Crippen LogP contribution in [0.25, 0.3) is 11.0 Å². The van der Waals surface area contributed by atoms with Gasteiger partial charge < -0.3 is 18.8 Å². The third-order valence-corrected chi connectivity index (χ3v) is 3.14. The molecule has 4 heteroatoms. The van der Waals surface area contributed by atoms with Gasteiger partial charge in [0.15, 0.2) is 0 Å². The van der Waals surface area contributed by atoms with Crippen LogP contribution in [0.2, 0.25) is 0 Å². The second-order valence-electron chi connectivity index (χ2n) is 4.27. The molecular weight excluding hydrogens is 230 g/mol. The van der Waals surface area contributed by atoms with Crippen molar-refractivity contribution in [1.82, 2.24) is 0 Å². The smallest absolute Gasteiger partial charge is 0.310 e. The van der Waals surface area contributed by atoms with Crippen molar-refractivity contribution >= 4 is 16.7 Å². The van der Waals surface area contributed by atoms with E-state index < -0.39 is 0 Å². The molecule has 2 aromatic rings. The summed E-state index contributed by atoms with van der Waals surface area (Å²) in [5, 5.41) is 1.11. The zero-order valence-electron chi connectivity index (χ0n) is 10.5. The third-order valence-electron chi connectivity index (χ3n) is 3.14. The Bertz CT molecular complexity index is 529. The van der Waals surface area contributed by atoms with Crippen LogP contribution >= 0.6 is 0 Å². The summed E-state index contributed by atoms with van der Waals surface area (Å²) in [4.78, 5) is 2.28. The monoisotopic (exact) mass is 247 g/mol. The van der Waals surface area contributed by atoms with Gasteiger partial charge >= 0.3 is 5.95 Å². The van der Waals surface area contributed by atoms with Crippen LogP contribution in [0.15, 0.2) is 28.7 Å². The topological polar surface area (TPSA) is 34.8 Å². The summed E-state index contributed by atoms with van der Waals surface area (Å²) < 4.78 is 16.8. The first-order chi connectivity index (χ1) is 8.90. The van der Waals surface area contributed by atoms with Crippen molar-refractivity contribution in [3.8, 4) is 5.95 Å². The van der Waals surface area contributed by atoms with E-state index in [2.05, 4.69) is 11.0 Å². The van der Waals surface area contributed by atoms with E-state index in [1.807, 2.05) is 25.1 Å². The molecule has 1 aliphatic rings. The van der Waals surface area contributed by atoms with E-state index in [1.165, 1.54) is 0 Å². The highest BCUT2D eigenvalue weighted by Gasteiger charge is 2.22. The molecule has 1 fully saturated rings. The summed E-state index contributed by atoms with van der Waals surface area (Å²) in [5.41, 5.74) is 1.94. The molecule has 0 radical (unpaired) electrons. The number of hydrogen-bond donors (Lipinski definition) is 0. The standard InChI is InChI=1S/C14H17NO3/c1-2-17-14-13(15-7-9-16-10-8-15)11-5-3-4-6-12(11)18-14/h3-6H,2,7-10H2,1H3. The lowest BCUT2D eigenvalue weighted by molar-refractivity contribution is 0.122. The van der Waals surface area contributed by atoms with E-state index in [1.54, 1.807) is 0 Å². The molecule has 0 aliphatic carbocycles. The molecule has 0 spiro atoms. The van der Waals surface area contributed by atoms with Gasteiger partial charge in [0.25, 0.3) is 0 Å². The second kappa shape index (κ2) is 4.90. The molecule has 0 amide bonds. The van der Waals surface area contributed by atoms with Gasteiger partial charge in [-0.05, 0) is 19.1 Å². The van der Waals surface area contributed by atoms with Crippen LogP contribution in [0, 0.1) is 0 Å². The van der Waals surface area contributed by atoms with E-state index >= 15 is 0 Å². The summed E-state index contributed by atoms with van der Waals surface area (Å²) in [6, 6.07) is 8.05. The Labute approximate surface area is 106 Å². The number of para-hydroxylation sites is 1. The van der Waals surface area contributed by atoms with Crippen molar-refractivity contribution in [2.45, 2.75) is 6.92 Å². The first-order valence-electron chi connectivity index (χ1n) is 6.37. The molecule has 1 saturated heterocycles. The fourth-order valence-corrected chi connectivity index (χ4v) is 2.32. The van der Waals surface area contributed by atoms with Gasteiger partial charge in [-0.15, -0.1) is 0 Å². The minimum atomic E-state index is 0.608. The number of fused-ring (bicyclic) bond motifs is 1. The van der Waals surface area contributed by atoms with Crippen molar-refractivity contribution in [2.75, 3.05) is 37.8 Å². The van der Waals surface area contributed by atoms with Crippen LogP contribution in [0.4, 0.5) is 5.69 Å². The Balaban J connectivity index is 2.07. The number of benzene rings is 1. The van der Waals surface area contributed by atoms with Crippen molar-refractivity contribution < 1.29 is 13.9 Å². The van der Waals surface area contributed by atoms with Gasteiger partial charge in [-0.25, -0.2) is 0 Å². The molecule has 1 aliphatic heterocycles. The molecule has 1 aromatic heterocycles. The Morgan fingerprint density at radius 3 is 2.78 bits per heavy atom. The average molecular weight is 247 g/mol. The number of ether oxygens (including phenoxy) is 2. The summed E-state index contributed by atoms with van der Waals surface area (Å²) in [7, 11) is 0. The maximum Gasteiger partial charge on any atom is 0.310 e. The molecule has 0 N–H and O–H groups in total. The third kappa shape index (κ3) is 1.93. The molecule has 0 bridgehead atoms. The van der Waals surface area contributed by atoms with Gasteiger partial charge in [0, 0.05) is 18.5 Å². The molecule has 0 atom stereocenters. The van der Waals surface area contributed by atoms with E-state index in [4.69, 9.17) is 13.9 Å². The van der Waals surface area contributed by atoms with Crippen LogP contribution < -0.4 is 9.64 Å². The average Bonchev–Trinajstić information content (AvgIpc) is 2.78.